The zero-order valence-corrected chi connectivity index (χ0v) is 22.7. The molecule has 2 aliphatic rings. The highest BCUT2D eigenvalue weighted by Gasteiger charge is 2.49. The average molecular weight is 532 g/mol. The van der Waals surface area contributed by atoms with Gasteiger partial charge in [0.15, 0.2) is 0 Å². The Bertz CT molecular complexity index is 1160. The molecule has 1 aromatic carbocycles. The van der Waals surface area contributed by atoms with Crippen LogP contribution in [0.15, 0.2) is 24.5 Å². The average Bonchev–Trinajstić information content (AvgIpc) is 3.52. The van der Waals surface area contributed by atoms with Gasteiger partial charge in [0.1, 0.15) is 18.0 Å². The largest absolute Gasteiger partial charge is 0.444 e. The number of likely N-dealkylation sites (tertiary alicyclic amines) is 2. The molecule has 2 saturated heterocycles. The van der Waals surface area contributed by atoms with E-state index in [2.05, 4.69) is 20.8 Å². The van der Waals surface area contributed by atoms with E-state index in [0.717, 1.165) is 17.7 Å². The minimum Gasteiger partial charge on any atom is -0.444 e. The molecule has 0 radical (unpaired) electrons. The van der Waals surface area contributed by atoms with Crippen LogP contribution in [-0.4, -0.2) is 78.7 Å². The number of benzene rings is 1. The maximum Gasteiger partial charge on any atom is 0.410 e. The summed E-state index contributed by atoms with van der Waals surface area (Å²) in [5.74, 6) is -0.859. The van der Waals surface area contributed by atoms with E-state index in [1.165, 1.54) is 11.2 Å². The number of tetrazole rings is 1. The van der Waals surface area contributed by atoms with Crippen LogP contribution in [0, 0.1) is 5.41 Å². The summed E-state index contributed by atoms with van der Waals surface area (Å²) in [6.45, 7) is 10.7. The SMILES string of the molecule is CC(C)(C)OC(=O)N1CCC(C)(C)[C@H]1C(=O)NC(=O)[C@@H]1CCCN1Cc1cc(Cl)ccc1-n1cnnn1. The Balaban J connectivity index is 1.48. The van der Waals surface area contributed by atoms with Gasteiger partial charge in [-0.15, -0.1) is 5.10 Å². The minimum absolute atomic E-state index is 0.375. The fraction of sp³-hybridized carbons (Fsp3) is 0.600. The predicted molar refractivity (Wildman–Crippen MR) is 136 cm³/mol. The molecule has 0 bridgehead atoms. The van der Waals surface area contributed by atoms with Crippen molar-refractivity contribution in [2.24, 2.45) is 5.41 Å². The van der Waals surface area contributed by atoms with Gasteiger partial charge in [0.2, 0.25) is 11.8 Å². The summed E-state index contributed by atoms with van der Waals surface area (Å²) in [6.07, 6.45) is 3.00. The summed E-state index contributed by atoms with van der Waals surface area (Å²) in [5, 5.41) is 14.5. The Morgan fingerprint density at radius 1 is 1.19 bits per heavy atom. The van der Waals surface area contributed by atoms with E-state index in [1.807, 2.05) is 30.9 Å². The summed E-state index contributed by atoms with van der Waals surface area (Å²) in [6, 6.07) is 4.12. The molecule has 2 atom stereocenters. The first-order valence-corrected chi connectivity index (χ1v) is 12.8. The van der Waals surface area contributed by atoms with Crippen molar-refractivity contribution >= 4 is 29.5 Å². The number of aromatic nitrogens is 4. The number of halogens is 1. The molecule has 1 N–H and O–H groups in total. The maximum absolute atomic E-state index is 13.4. The molecule has 11 nitrogen and oxygen atoms in total. The molecule has 0 unspecified atom stereocenters. The van der Waals surface area contributed by atoms with E-state index in [0.29, 0.717) is 37.5 Å². The number of amides is 3. The summed E-state index contributed by atoms with van der Waals surface area (Å²) in [7, 11) is 0. The van der Waals surface area contributed by atoms with E-state index >= 15 is 0 Å². The molecule has 4 rings (SSSR count). The summed E-state index contributed by atoms with van der Waals surface area (Å²) in [4.78, 5) is 43.0. The van der Waals surface area contributed by atoms with Crippen molar-refractivity contribution in [3.63, 3.8) is 0 Å². The van der Waals surface area contributed by atoms with E-state index in [9.17, 15) is 14.4 Å². The molecule has 2 aliphatic heterocycles. The van der Waals surface area contributed by atoms with E-state index in [-0.39, 0.29) is 5.91 Å². The first kappa shape index (κ1) is 27.0. The van der Waals surface area contributed by atoms with Gasteiger partial charge in [-0.3, -0.25) is 24.7 Å². The van der Waals surface area contributed by atoms with Crippen molar-refractivity contribution < 1.29 is 19.1 Å². The smallest absolute Gasteiger partial charge is 0.410 e. The lowest BCUT2D eigenvalue weighted by atomic mass is 9.84. The second-order valence-corrected chi connectivity index (χ2v) is 11.8. The number of imide groups is 1. The van der Waals surface area contributed by atoms with Crippen LogP contribution >= 0.6 is 11.6 Å². The number of carbonyl (C=O) groups is 3. The van der Waals surface area contributed by atoms with Crippen LogP contribution in [0.1, 0.15) is 59.4 Å². The molecular weight excluding hydrogens is 498 g/mol. The van der Waals surface area contributed by atoms with Crippen LogP contribution in [0.25, 0.3) is 5.69 Å². The zero-order chi connectivity index (χ0) is 27.0. The van der Waals surface area contributed by atoms with Gasteiger partial charge < -0.3 is 4.74 Å². The molecule has 1 aromatic heterocycles. The Kier molecular flexibility index (Phi) is 7.57. The summed E-state index contributed by atoms with van der Waals surface area (Å²) < 4.78 is 7.07. The number of carbonyl (C=O) groups excluding carboxylic acids is 3. The number of rotatable bonds is 5. The molecule has 2 aromatic rings. The maximum atomic E-state index is 13.4. The van der Waals surface area contributed by atoms with Gasteiger partial charge >= 0.3 is 6.09 Å². The van der Waals surface area contributed by atoms with E-state index < -0.39 is 35.1 Å². The molecule has 37 heavy (non-hydrogen) atoms. The van der Waals surface area contributed by atoms with Crippen LogP contribution in [0.2, 0.25) is 5.02 Å². The number of nitrogens with zero attached hydrogens (tertiary/aromatic N) is 6. The van der Waals surface area contributed by atoms with Crippen molar-refractivity contribution in [2.75, 3.05) is 13.1 Å². The first-order chi connectivity index (χ1) is 17.4. The molecule has 12 heteroatoms. The molecule has 0 spiro atoms. The van der Waals surface area contributed by atoms with E-state index in [1.54, 1.807) is 31.5 Å². The Morgan fingerprint density at radius 3 is 2.62 bits per heavy atom. The van der Waals surface area contributed by atoms with Crippen LogP contribution in [0.5, 0.6) is 0 Å². The van der Waals surface area contributed by atoms with Gasteiger partial charge in [0.25, 0.3) is 0 Å². The highest BCUT2D eigenvalue weighted by Crippen LogP contribution is 2.37. The third kappa shape index (κ3) is 6.10. The third-order valence-electron chi connectivity index (χ3n) is 6.85. The molecule has 2 fully saturated rings. The predicted octanol–water partition coefficient (Wildman–Crippen LogP) is 2.96. The van der Waals surface area contributed by atoms with Crippen LogP contribution in [0.3, 0.4) is 0 Å². The Morgan fingerprint density at radius 2 is 1.95 bits per heavy atom. The molecule has 3 heterocycles. The van der Waals surface area contributed by atoms with Gasteiger partial charge in [-0.1, -0.05) is 25.4 Å². The monoisotopic (exact) mass is 531 g/mol. The van der Waals surface area contributed by atoms with Crippen molar-refractivity contribution in [1.82, 2.24) is 35.3 Å². The number of nitrogens with one attached hydrogen (secondary N) is 1. The highest BCUT2D eigenvalue weighted by molar-refractivity contribution is 6.30. The lowest BCUT2D eigenvalue weighted by molar-refractivity contribution is -0.137. The Labute approximate surface area is 221 Å². The second-order valence-electron chi connectivity index (χ2n) is 11.3. The number of hydrogen-bond acceptors (Lipinski definition) is 8. The van der Waals surface area contributed by atoms with Crippen molar-refractivity contribution in [3.8, 4) is 5.69 Å². The van der Waals surface area contributed by atoms with Crippen molar-refractivity contribution in [1.29, 1.82) is 0 Å². The molecule has 200 valence electrons. The van der Waals surface area contributed by atoms with Gasteiger partial charge in [-0.05, 0) is 86.2 Å². The Hall–Kier alpha value is -3.05. The van der Waals surface area contributed by atoms with E-state index in [4.69, 9.17) is 16.3 Å². The normalized spacial score (nSPS) is 21.7. The van der Waals surface area contributed by atoms with Crippen LogP contribution in [-0.2, 0) is 20.9 Å². The summed E-state index contributed by atoms with van der Waals surface area (Å²) in [5.41, 5.74) is 0.432. The molecule has 0 saturated carbocycles. The highest BCUT2D eigenvalue weighted by atomic mass is 35.5. The minimum atomic E-state index is -0.805. The first-order valence-electron chi connectivity index (χ1n) is 12.5. The molecular formula is C25H34ClN7O4. The van der Waals surface area contributed by atoms with Gasteiger partial charge in [0.05, 0.1) is 11.7 Å². The standard InChI is InChI=1S/C25H34ClN7O4/c1-24(2,3)37-23(36)32-12-10-25(4,5)20(32)22(35)28-21(34)19-7-6-11-31(19)14-16-13-17(26)8-9-18(16)33-15-27-29-30-33/h8-9,13,15,19-20H,6-7,10-12,14H2,1-5H3,(H,28,34,35)/t19-,20+/m0/s1. The molecule has 3 amide bonds. The molecule has 0 aliphatic carbocycles. The van der Waals surface area contributed by atoms with Crippen LogP contribution in [0.4, 0.5) is 4.79 Å². The lowest BCUT2D eigenvalue weighted by Gasteiger charge is -2.33. The lowest BCUT2D eigenvalue weighted by Crippen LogP contribution is -2.55. The van der Waals surface area contributed by atoms with Gasteiger partial charge in [-0.2, -0.15) is 0 Å². The number of ether oxygens (including phenoxy) is 1. The zero-order valence-electron chi connectivity index (χ0n) is 21.9. The quantitative estimate of drug-likeness (QED) is 0.584. The fourth-order valence-electron chi connectivity index (χ4n) is 5.09. The van der Waals surface area contributed by atoms with Gasteiger partial charge in [-0.25, -0.2) is 9.48 Å². The number of hydrogen-bond donors (Lipinski definition) is 1. The van der Waals surface area contributed by atoms with Crippen molar-refractivity contribution in [2.45, 2.75) is 78.1 Å². The third-order valence-corrected chi connectivity index (χ3v) is 7.08. The topological polar surface area (TPSA) is 123 Å². The van der Waals surface area contributed by atoms with Crippen LogP contribution < -0.4 is 5.32 Å². The van der Waals surface area contributed by atoms with Crippen molar-refractivity contribution in [3.05, 3.63) is 35.1 Å². The summed E-state index contributed by atoms with van der Waals surface area (Å²) >= 11 is 6.26. The fourth-order valence-corrected chi connectivity index (χ4v) is 5.28. The second kappa shape index (κ2) is 10.4. The van der Waals surface area contributed by atoms with Gasteiger partial charge in [0, 0.05) is 18.1 Å².